The second-order valence-electron chi connectivity index (χ2n) is 11.8. The van der Waals surface area contributed by atoms with E-state index in [1.54, 1.807) is 42.5 Å². The third-order valence-corrected chi connectivity index (χ3v) is 10.0. The Hall–Kier alpha value is -4.22. The van der Waals surface area contributed by atoms with Crippen molar-refractivity contribution in [1.82, 2.24) is 18.8 Å². The molecule has 3 aromatic carbocycles. The molecule has 0 unspecified atom stereocenters. The third kappa shape index (κ3) is 5.81. The van der Waals surface area contributed by atoms with E-state index in [4.69, 9.17) is 0 Å². The summed E-state index contributed by atoms with van der Waals surface area (Å²) in [5, 5.41) is 3.66. The molecule has 0 amide bonds. The van der Waals surface area contributed by atoms with E-state index in [0.717, 1.165) is 29.7 Å². The minimum Gasteiger partial charge on any atom is -0.350 e. The molecule has 44 heavy (non-hydrogen) atoms. The van der Waals surface area contributed by atoms with E-state index in [0.29, 0.717) is 11.9 Å². The predicted octanol–water partition coefficient (Wildman–Crippen LogP) is 7.07. The molecule has 0 aliphatic carbocycles. The van der Waals surface area contributed by atoms with Crippen molar-refractivity contribution in [2.75, 3.05) is 18.4 Å². The van der Waals surface area contributed by atoms with Crippen molar-refractivity contribution in [2.24, 2.45) is 5.41 Å². The number of benzene rings is 3. The van der Waals surface area contributed by atoms with Crippen molar-refractivity contribution in [3.63, 3.8) is 0 Å². The van der Waals surface area contributed by atoms with Crippen LogP contribution in [0.15, 0.2) is 102 Å². The first-order valence-electron chi connectivity index (χ1n) is 14.3. The van der Waals surface area contributed by atoms with E-state index in [2.05, 4.69) is 46.2 Å². The molecule has 1 fully saturated rings. The van der Waals surface area contributed by atoms with Gasteiger partial charge in [0.2, 0.25) is 5.95 Å². The maximum Gasteiger partial charge on any atom is 0.419 e. The zero-order chi connectivity index (χ0) is 31.1. The zero-order valence-electron chi connectivity index (χ0n) is 24.3. The highest BCUT2D eigenvalue weighted by atomic mass is 32.2. The summed E-state index contributed by atoms with van der Waals surface area (Å²) in [7, 11) is -4.11. The van der Waals surface area contributed by atoms with Crippen molar-refractivity contribution in [3.05, 3.63) is 108 Å². The van der Waals surface area contributed by atoms with Crippen LogP contribution in [0.5, 0.6) is 0 Å². The number of nitrogens with zero attached hydrogens (tertiary/aromatic N) is 4. The van der Waals surface area contributed by atoms with E-state index in [1.807, 2.05) is 18.2 Å². The van der Waals surface area contributed by atoms with Crippen molar-refractivity contribution >= 4 is 26.9 Å². The van der Waals surface area contributed by atoms with Gasteiger partial charge in [-0.3, -0.25) is 4.90 Å². The summed E-state index contributed by atoms with van der Waals surface area (Å²) in [6.45, 7) is 6.53. The Morgan fingerprint density at radius 2 is 1.61 bits per heavy atom. The van der Waals surface area contributed by atoms with Gasteiger partial charge in [0, 0.05) is 42.5 Å². The molecule has 2 aromatic heterocycles. The lowest BCUT2D eigenvalue weighted by Crippen LogP contribution is -2.51. The average molecular weight is 620 g/mol. The van der Waals surface area contributed by atoms with Crippen LogP contribution < -0.4 is 5.32 Å². The van der Waals surface area contributed by atoms with Crippen LogP contribution in [-0.4, -0.2) is 46.4 Å². The van der Waals surface area contributed by atoms with Crippen molar-refractivity contribution < 1.29 is 21.6 Å². The van der Waals surface area contributed by atoms with Crippen LogP contribution in [0.4, 0.5) is 19.1 Å². The molecule has 11 heteroatoms. The summed E-state index contributed by atoms with van der Waals surface area (Å²) >= 11 is 0. The number of fused-ring (bicyclic) bond motifs is 1. The van der Waals surface area contributed by atoms with Gasteiger partial charge in [-0.15, -0.1) is 0 Å². The summed E-state index contributed by atoms with van der Waals surface area (Å²) in [6.07, 6.45) is -1.90. The fraction of sp³-hybridized carbons (Fsp3) is 0.273. The number of rotatable bonds is 7. The zero-order valence-corrected chi connectivity index (χ0v) is 25.1. The van der Waals surface area contributed by atoms with Gasteiger partial charge >= 0.3 is 6.18 Å². The van der Waals surface area contributed by atoms with Crippen LogP contribution in [0.3, 0.4) is 0 Å². The highest BCUT2D eigenvalue weighted by molar-refractivity contribution is 7.90. The second kappa shape index (κ2) is 11.4. The summed E-state index contributed by atoms with van der Waals surface area (Å²) in [6, 6.07) is 24.2. The largest absolute Gasteiger partial charge is 0.419 e. The van der Waals surface area contributed by atoms with Crippen LogP contribution in [0.25, 0.3) is 22.2 Å². The molecule has 0 radical (unpaired) electrons. The molecule has 1 saturated heterocycles. The second-order valence-corrected chi connectivity index (χ2v) is 13.6. The Morgan fingerprint density at radius 3 is 2.32 bits per heavy atom. The van der Waals surface area contributed by atoms with Gasteiger partial charge in [-0.25, -0.2) is 22.4 Å². The number of piperidine rings is 1. The lowest BCUT2D eigenvalue weighted by Gasteiger charge is -2.44. The number of likely N-dealkylation sites (tertiary alicyclic amines) is 1. The van der Waals surface area contributed by atoms with Gasteiger partial charge in [-0.1, -0.05) is 80.6 Å². The summed E-state index contributed by atoms with van der Waals surface area (Å²) in [5.41, 5.74) is -0.135. The van der Waals surface area contributed by atoms with Gasteiger partial charge < -0.3 is 5.32 Å². The molecule has 7 nitrogen and oxygen atoms in total. The first kappa shape index (κ1) is 29.8. The van der Waals surface area contributed by atoms with Crippen LogP contribution in [0.2, 0.25) is 0 Å². The Labute approximate surface area is 254 Å². The van der Waals surface area contributed by atoms with Gasteiger partial charge in [-0.05, 0) is 42.1 Å². The van der Waals surface area contributed by atoms with Gasteiger partial charge in [-0.2, -0.15) is 13.2 Å². The number of nitrogens with one attached hydrogen (secondary N) is 1. The first-order chi connectivity index (χ1) is 20.9. The highest BCUT2D eigenvalue weighted by Crippen LogP contribution is 2.41. The van der Waals surface area contributed by atoms with Gasteiger partial charge in [0.25, 0.3) is 10.0 Å². The van der Waals surface area contributed by atoms with E-state index in [1.165, 1.54) is 23.9 Å². The molecule has 228 valence electrons. The standard InChI is InChI=1S/C33H32F3N5O2S/c1-32(2)17-18-40(20-23-11-5-3-6-12-23)22-29(32)38-31-37-19-27(33(34,35)36)30(39-31)26-21-41(28-16-10-9-15-25(26)28)44(42,43)24-13-7-4-8-14-24/h3-16,19,21,29H,17-18,20,22H2,1-2H3,(H,37,38,39)/t29-/m0/s1. The molecule has 0 spiro atoms. The maximum absolute atomic E-state index is 14.4. The molecule has 5 aromatic rings. The van der Waals surface area contributed by atoms with Gasteiger partial charge in [0.1, 0.15) is 5.56 Å². The Balaban J connectivity index is 1.41. The van der Waals surface area contributed by atoms with Crippen LogP contribution in [-0.2, 0) is 22.7 Å². The van der Waals surface area contributed by atoms with E-state index >= 15 is 0 Å². The summed E-state index contributed by atoms with van der Waals surface area (Å²) < 4.78 is 71.4. The molecule has 0 bridgehead atoms. The first-order valence-corrected chi connectivity index (χ1v) is 15.8. The SMILES string of the molecule is CC1(C)CCN(Cc2ccccc2)C[C@@H]1Nc1ncc(C(F)(F)F)c(-c2cn(S(=O)(=O)c3ccccc3)c3ccccc23)n1. The van der Waals surface area contributed by atoms with Gasteiger partial charge in [0.05, 0.1) is 16.1 Å². The maximum atomic E-state index is 14.4. The number of aromatic nitrogens is 3. The number of hydrogen-bond donors (Lipinski definition) is 1. The normalized spacial score (nSPS) is 17.5. The molecule has 1 aliphatic rings. The predicted molar refractivity (Wildman–Crippen MR) is 165 cm³/mol. The van der Waals surface area contributed by atoms with Crippen molar-refractivity contribution in [1.29, 1.82) is 0 Å². The number of anilines is 1. The molecule has 6 rings (SSSR count). The van der Waals surface area contributed by atoms with E-state index in [9.17, 15) is 21.6 Å². The number of alkyl halides is 3. The molecule has 1 atom stereocenters. The van der Waals surface area contributed by atoms with E-state index < -0.39 is 21.8 Å². The topological polar surface area (TPSA) is 80.1 Å². The molecule has 0 saturated carbocycles. The van der Waals surface area contributed by atoms with Crippen LogP contribution in [0.1, 0.15) is 31.4 Å². The average Bonchev–Trinajstić information content (AvgIpc) is 3.40. The lowest BCUT2D eigenvalue weighted by molar-refractivity contribution is -0.137. The minimum atomic E-state index is -4.77. The third-order valence-electron chi connectivity index (χ3n) is 8.34. The van der Waals surface area contributed by atoms with Crippen LogP contribution >= 0.6 is 0 Å². The molecule has 3 heterocycles. The fourth-order valence-corrected chi connectivity index (χ4v) is 7.10. The van der Waals surface area contributed by atoms with Crippen molar-refractivity contribution in [2.45, 2.75) is 43.9 Å². The van der Waals surface area contributed by atoms with E-state index in [-0.39, 0.29) is 39.1 Å². The Bertz CT molecular complexity index is 1890. The minimum absolute atomic E-state index is 0.0213. The van der Waals surface area contributed by atoms with Crippen LogP contribution in [0, 0.1) is 5.41 Å². The highest BCUT2D eigenvalue weighted by Gasteiger charge is 2.39. The number of halogens is 3. The lowest BCUT2D eigenvalue weighted by atomic mass is 9.78. The van der Waals surface area contributed by atoms with Gasteiger partial charge in [0.15, 0.2) is 0 Å². The Kier molecular flexibility index (Phi) is 7.71. The molecule has 1 aliphatic heterocycles. The number of para-hydroxylation sites is 1. The smallest absolute Gasteiger partial charge is 0.350 e. The monoisotopic (exact) mass is 619 g/mol. The fourth-order valence-electron chi connectivity index (χ4n) is 5.71. The number of hydrogen-bond acceptors (Lipinski definition) is 6. The Morgan fingerprint density at radius 1 is 0.955 bits per heavy atom. The quantitative estimate of drug-likeness (QED) is 0.210. The summed E-state index contributed by atoms with van der Waals surface area (Å²) in [5.74, 6) is 0.0513. The molecular weight excluding hydrogens is 587 g/mol. The summed E-state index contributed by atoms with van der Waals surface area (Å²) in [4.78, 5) is 10.9. The molecule has 1 N–H and O–H groups in total. The molecular formula is C33H32F3N5O2S. The van der Waals surface area contributed by atoms with Crippen molar-refractivity contribution in [3.8, 4) is 11.3 Å².